The van der Waals surface area contributed by atoms with E-state index in [1.54, 1.807) is 29.2 Å². The van der Waals surface area contributed by atoms with Crippen LogP contribution in [0.1, 0.15) is 42.9 Å². The van der Waals surface area contributed by atoms with E-state index in [4.69, 9.17) is 9.47 Å². The molecular weight excluding hydrogens is 373 g/mol. The van der Waals surface area contributed by atoms with Crippen LogP contribution >= 0.6 is 0 Å². The quantitative estimate of drug-likeness (QED) is 0.594. The van der Waals surface area contributed by atoms with Gasteiger partial charge in [0.1, 0.15) is 11.6 Å². The van der Waals surface area contributed by atoms with Crippen LogP contribution in [0.4, 0.5) is 4.39 Å². The van der Waals surface area contributed by atoms with Gasteiger partial charge in [-0.1, -0.05) is 13.8 Å². The van der Waals surface area contributed by atoms with Gasteiger partial charge in [0.25, 0.3) is 5.91 Å². The SMILES string of the molecule is CCCN(Cc1nc2ccc(F)cc2n1CCC)C(=O)c1ccc2c(c1)OCO2. The van der Waals surface area contributed by atoms with Crippen LogP contribution < -0.4 is 9.47 Å². The molecule has 3 aromatic rings. The summed E-state index contributed by atoms with van der Waals surface area (Å²) in [6.45, 7) is 5.94. The Balaban J connectivity index is 1.66. The lowest BCUT2D eigenvalue weighted by Crippen LogP contribution is -2.32. The number of carbonyl (C=O) groups is 1. The van der Waals surface area contributed by atoms with Gasteiger partial charge in [-0.25, -0.2) is 9.37 Å². The number of imidazole rings is 1. The minimum atomic E-state index is -0.289. The molecule has 2 aromatic carbocycles. The summed E-state index contributed by atoms with van der Waals surface area (Å²) in [6.07, 6.45) is 1.71. The van der Waals surface area contributed by atoms with Crippen LogP contribution in [0, 0.1) is 5.82 Å². The van der Waals surface area contributed by atoms with Gasteiger partial charge in [0, 0.05) is 18.7 Å². The molecular formula is C22H24FN3O3. The molecule has 0 fully saturated rings. The van der Waals surface area contributed by atoms with Crippen molar-refractivity contribution < 1.29 is 18.7 Å². The normalized spacial score (nSPS) is 12.5. The lowest BCUT2D eigenvalue weighted by molar-refractivity contribution is 0.0737. The molecule has 0 aliphatic carbocycles. The van der Waals surface area contributed by atoms with Gasteiger partial charge in [-0.3, -0.25) is 4.79 Å². The van der Waals surface area contributed by atoms with E-state index in [1.165, 1.54) is 12.1 Å². The van der Waals surface area contributed by atoms with Gasteiger partial charge in [-0.15, -0.1) is 0 Å². The van der Waals surface area contributed by atoms with Crippen LogP contribution in [0.15, 0.2) is 36.4 Å². The number of ether oxygens (including phenoxy) is 2. The van der Waals surface area contributed by atoms with Crippen molar-refractivity contribution in [3.8, 4) is 11.5 Å². The zero-order valence-electron chi connectivity index (χ0n) is 16.7. The number of aryl methyl sites for hydroxylation is 1. The number of halogens is 1. The smallest absolute Gasteiger partial charge is 0.254 e. The highest BCUT2D eigenvalue weighted by atomic mass is 19.1. The van der Waals surface area contributed by atoms with Gasteiger partial charge in [0.05, 0.1) is 17.6 Å². The topological polar surface area (TPSA) is 56.6 Å². The monoisotopic (exact) mass is 397 g/mol. The van der Waals surface area contributed by atoms with Crippen LogP contribution in [0.2, 0.25) is 0 Å². The molecule has 152 valence electrons. The summed E-state index contributed by atoms with van der Waals surface area (Å²) in [5, 5.41) is 0. The first-order valence-electron chi connectivity index (χ1n) is 9.94. The number of hydrogen-bond donors (Lipinski definition) is 0. The maximum atomic E-state index is 13.8. The molecule has 0 bridgehead atoms. The lowest BCUT2D eigenvalue weighted by Gasteiger charge is -2.22. The number of nitrogens with zero attached hydrogens (tertiary/aromatic N) is 3. The minimum Gasteiger partial charge on any atom is -0.454 e. The molecule has 0 unspecified atom stereocenters. The Kier molecular flexibility index (Phi) is 5.38. The Morgan fingerprint density at radius 2 is 1.97 bits per heavy atom. The van der Waals surface area contributed by atoms with Crippen molar-refractivity contribution in [1.29, 1.82) is 0 Å². The number of benzene rings is 2. The second-order valence-corrected chi connectivity index (χ2v) is 7.11. The average molecular weight is 397 g/mol. The summed E-state index contributed by atoms with van der Waals surface area (Å²) in [5.41, 5.74) is 2.04. The Morgan fingerprint density at radius 3 is 2.76 bits per heavy atom. The standard InChI is InChI=1S/C22H24FN3O3/c1-3-9-25(22(27)15-5-8-19-20(11-15)29-14-28-19)13-21-24-17-7-6-16(23)12-18(17)26(21)10-4-2/h5-8,11-12H,3-4,9-10,13-14H2,1-2H3. The second-order valence-electron chi connectivity index (χ2n) is 7.11. The largest absolute Gasteiger partial charge is 0.454 e. The van der Waals surface area contributed by atoms with Crippen molar-refractivity contribution in [3.63, 3.8) is 0 Å². The number of aromatic nitrogens is 2. The summed E-state index contributed by atoms with van der Waals surface area (Å²) in [4.78, 5) is 19.7. The van der Waals surface area contributed by atoms with Crippen molar-refractivity contribution in [2.75, 3.05) is 13.3 Å². The summed E-state index contributed by atoms with van der Waals surface area (Å²) in [5.74, 6) is 1.61. The maximum Gasteiger partial charge on any atom is 0.254 e. The molecule has 0 saturated carbocycles. The van der Waals surface area contributed by atoms with Crippen molar-refractivity contribution in [1.82, 2.24) is 14.5 Å². The highest BCUT2D eigenvalue weighted by molar-refractivity contribution is 5.95. The fraction of sp³-hybridized carbons (Fsp3) is 0.364. The van der Waals surface area contributed by atoms with Crippen LogP contribution in [0.5, 0.6) is 11.5 Å². The molecule has 7 heteroatoms. The van der Waals surface area contributed by atoms with E-state index in [-0.39, 0.29) is 18.5 Å². The number of amides is 1. The fourth-order valence-corrected chi connectivity index (χ4v) is 3.64. The summed E-state index contributed by atoms with van der Waals surface area (Å²) in [6, 6.07) is 9.84. The molecule has 0 radical (unpaired) electrons. The third-order valence-corrected chi connectivity index (χ3v) is 4.97. The molecule has 1 amide bonds. The molecule has 0 N–H and O–H groups in total. The Hall–Kier alpha value is -3.09. The van der Waals surface area contributed by atoms with Gasteiger partial charge in [-0.05, 0) is 49.2 Å². The predicted molar refractivity (Wildman–Crippen MR) is 108 cm³/mol. The van der Waals surface area contributed by atoms with E-state index in [0.717, 1.165) is 29.7 Å². The van der Waals surface area contributed by atoms with Crippen LogP contribution in [-0.4, -0.2) is 33.7 Å². The van der Waals surface area contributed by atoms with Crippen LogP contribution in [0.3, 0.4) is 0 Å². The van der Waals surface area contributed by atoms with E-state index < -0.39 is 0 Å². The second kappa shape index (κ2) is 8.11. The van der Waals surface area contributed by atoms with Crippen LogP contribution in [-0.2, 0) is 13.1 Å². The minimum absolute atomic E-state index is 0.0913. The Bertz CT molecular complexity index is 1050. The molecule has 0 saturated heterocycles. The predicted octanol–water partition coefficient (Wildman–Crippen LogP) is 4.37. The molecule has 1 aromatic heterocycles. The molecule has 2 heterocycles. The van der Waals surface area contributed by atoms with Crippen molar-refractivity contribution in [2.45, 2.75) is 39.8 Å². The van der Waals surface area contributed by atoms with Gasteiger partial charge >= 0.3 is 0 Å². The highest BCUT2D eigenvalue weighted by Crippen LogP contribution is 2.33. The van der Waals surface area contributed by atoms with E-state index >= 15 is 0 Å². The van der Waals surface area contributed by atoms with Crippen molar-refractivity contribution >= 4 is 16.9 Å². The average Bonchev–Trinajstić information content (AvgIpc) is 3.31. The number of rotatable bonds is 7. The Labute approximate surface area is 168 Å². The van der Waals surface area contributed by atoms with Crippen molar-refractivity contribution in [2.24, 2.45) is 0 Å². The first-order valence-corrected chi connectivity index (χ1v) is 9.94. The fourth-order valence-electron chi connectivity index (χ4n) is 3.64. The first-order chi connectivity index (χ1) is 14.1. The molecule has 1 aliphatic rings. The third kappa shape index (κ3) is 3.77. The summed E-state index contributed by atoms with van der Waals surface area (Å²) < 4.78 is 26.5. The third-order valence-electron chi connectivity index (χ3n) is 4.97. The highest BCUT2D eigenvalue weighted by Gasteiger charge is 2.22. The zero-order chi connectivity index (χ0) is 20.4. The molecule has 29 heavy (non-hydrogen) atoms. The van der Waals surface area contributed by atoms with E-state index in [9.17, 15) is 9.18 Å². The molecule has 4 rings (SSSR count). The Morgan fingerprint density at radius 1 is 1.14 bits per heavy atom. The van der Waals surface area contributed by atoms with Crippen LogP contribution in [0.25, 0.3) is 11.0 Å². The molecule has 6 nitrogen and oxygen atoms in total. The first kappa shape index (κ1) is 19.2. The summed E-state index contributed by atoms with van der Waals surface area (Å²) in [7, 11) is 0. The lowest BCUT2D eigenvalue weighted by atomic mass is 10.1. The zero-order valence-corrected chi connectivity index (χ0v) is 16.7. The van der Waals surface area contributed by atoms with Crippen molar-refractivity contribution in [3.05, 3.63) is 53.6 Å². The van der Waals surface area contributed by atoms with Gasteiger partial charge in [0.2, 0.25) is 6.79 Å². The summed E-state index contributed by atoms with van der Waals surface area (Å²) >= 11 is 0. The molecule has 1 aliphatic heterocycles. The van der Waals surface area contributed by atoms with E-state index in [2.05, 4.69) is 11.9 Å². The maximum absolute atomic E-state index is 13.8. The van der Waals surface area contributed by atoms with Gasteiger partial charge < -0.3 is 18.9 Å². The van der Waals surface area contributed by atoms with Gasteiger partial charge in [-0.2, -0.15) is 0 Å². The number of hydrogen-bond acceptors (Lipinski definition) is 4. The van der Waals surface area contributed by atoms with E-state index in [1.807, 2.05) is 11.5 Å². The molecule has 0 spiro atoms. The number of fused-ring (bicyclic) bond motifs is 2. The molecule has 0 atom stereocenters. The van der Waals surface area contributed by atoms with Gasteiger partial charge in [0.15, 0.2) is 11.5 Å². The number of carbonyl (C=O) groups excluding carboxylic acids is 1. The van der Waals surface area contributed by atoms with E-state index in [0.29, 0.717) is 36.7 Å².